The second-order valence-corrected chi connectivity index (χ2v) is 8.53. The number of carbonyl (C=O) groups excluding carboxylic acids is 1. The Morgan fingerprint density at radius 2 is 1.70 bits per heavy atom. The van der Waals surface area contributed by atoms with E-state index in [2.05, 4.69) is 16.0 Å². The van der Waals surface area contributed by atoms with E-state index in [0.717, 1.165) is 53.8 Å². The minimum absolute atomic E-state index is 0.153. The van der Waals surface area contributed by atoms with E-state index in [1.807, 2.05) is 74.4 Å². The summed E-state index contributed by atoms with van der Waals surface area (Å²) in [6.07, 6.45) is 3.70. The summed E-state index contributed by atoms with van der Waals surface area (Å²) >= 11 is 0. The predicted molar refractivity (Wildman–Crippen MR) is 133 cm³/mol. The lowest BCUT2D eigenvalue weighted by Crippen LogP contribution is -2.42. The third-order valence-electron chi connectivity index (χ3n) is 5.83. The molecular formula is C25H32N6O2. The molecule has 0 atom stereocenters. The van der Waals surface area contributed by atoms with Crippen LogP contribution in [0.25, 0.3) is 10.9 Å². The second kappa shape index (κ2) is 10.4. The van der Waals surface area contributed by atoms with Gasteiger partial charge >= 0.3 is 6.03 Å². The highest BCUT2D eigenvalue weighted by atomic mass is 16.5. The first-order chi connectivity index (χ1) is 16.0. The zero-order valence-corrected chi connectivity index (χ0v) is 19.5. The van der Waals surface area contributed by atoms with Gasteiger partial charge in [0.15, 0.2) is 0 Å². The van der Waals surface area contributed by atoms with Crippen molar-refractivity contribution >= 4 is 34.4 Å². The molecule has 1 heterocycles. The van der Waals surface area contributed by atoms with Gasteiger partial charge in [-0.15, -0.1) is 0 Å². The zero-order valence-electron chi connectivity index (χ0n) is 19.5. The van der Waals surface area contributed by atoms with Crippen molar-refractivity contribution < 1.29 is 9.53 Å². The van der Waals surface area contributed by atoms with Gasteiger partial charge < -0.3 is 25.6 Å². The number of carbonyl (C=O) groups is 1. The lowest BCUT2D eigenvalue weighted by atomic mass is 9.91. The molecule has 4 rings (SSSR count). The number of para-hydroxylation sites is 1. The molecule has 0 saturated heterocycles. The highest BCUT2D eigenvalue weighted by Gasteiger charge is 2.23. The van der Waals surface area contributed by atoms with Crippen LogP contribution in [0.1, 0.15) is 32.6 Å². The van der Waals surface area contributed by atoms with Crippen molar-refractivity contribution in [3.05, 3.63) is 48.5 Å². The minimum Gasteiger partial charge on any atom is -0.494 e. The van der Waals surface area contributed by atoms with E-state index in [1.54, 1.807) is 0 Å². The first kappa shape index (κ1) is 22.6. The van der Waals surface area contributed by atoms with E-state index in [-0.39, 0.29) is 18.1 Å². The molecule has 3 N–H and O–H groups in total. The minimum atomic E-state index is -0.177. The Labute approximate surface area is 194 Å². The van der Waals surface area contributed by atoms with Gasteiger partial charge in [0.05, 0.1) is 12.1 Å². The number of rotatable bonds is 7. The number of benzene rings is 2. The molecule has 8 nitrogen and oxygen atoms in total. The summed E-state index contributed by atoms with van der Waals surface area (Å²) in [5.41, 5.74) is 1.68. The maximum atomic E-state index is 12.4. The SMILES string of the molecule is CCOc1ccc(NC(=O)NC2CCC(Nc3nc(N(C)C)c4ccccc4n3)CC2)cc1. The van der Waals surface area contributed by atoms with Gasteiger partial charge in [0.1, 0.15) is 11.6 Å². The van der Waals surface area contributed by atoms with Crippen molar-refractivity contribution in [1.29, 1.82) is 0 Å². The van der Waals surface area contributed by atoms with Crippen LogP contribution in [0.5, 0.6) is 5.75 Å². The molecule has 2 amide bonds. The second-order valence-electron chi connectivity index (χ2n) is 8.53. The summed E-state index contributed by atoms with van der Waals surface area (Å²) in [4.78, 5) is 23.9. The van der Waals surface area contributed by atoms with E-state index >= 15 is 0 Å². The van der Waals surface area contributed by atoms with Crippen LogP contribution in [0.15, 0.2) is 48.5 Å². The van der Waals surface area contributed by atoms with Crippen molar-refractivity contribution in [2.45, 2.75) is 44.7 Å². The average Bonchev–Trinajstić information content (AvgIpc) is 2.81. The topological polar surface area (TPSA) is 91.4 Å². The number of amides is 2. The van der Waals surface area contributed by atoms with Crippen molar-refractivity contribution in [1.82, 2.24) is 15.3 Å². The third-order valence-corrected chi connectivity index (χ3v) is 5.83. The summed E-state index contributed by atoms with van der Waals surface area (Å²) in [6.45, 7) is 2.56. The predicted octanol–water partition coefficient (Wildman–Crippen LogP) is 4.64. The fraction of sp³-hybridized carbons (Fsp3) is 0.400. The van der Waals surface area contributed by atoms with Crippen LogP contribution in [-0.2, 0) is 0 Å². The van der Waals surface area contributed by atoms with Gasteiger partial charge in [-0.3, -0.25) is 0 Å². The Balaban J connectivity index is 1.29. The number of fused-ring (bicyclic) bond motifs is 1. The molecule has 1 saturated carbocycles. The van der Waals surface area contributed by atoms with Crippen LogP contribution in [0.3, 0.4) is 0 Å². The largest absolute Gasteiger partial charge is 0.494 e. The van der Waals surface area contributed by atoms with Crippen molar-refractivity contribution in [2.75, 3.05) is 36.2 Å². The summed E-state index contributed by atoms with van der Waals surface area (Å²) in [7, 11) is 3.99. The van der Waals surface area contributed by atoms with Crippen LogP contribution in [0.2, 0.25) is 0 Å². The van der Waals surface area contributed by atoms with Crippen molar-refractivity contribution in [2.24, 2.45) is 0 Å². The monoisotopic (exact) mass is 448 g/mol. The van der Waals surface area contributed by atoms with E-state index in [1.165, 1.54) is 0 Å². The quantitative estimate of drug-likeness (QED) is 0.488. The average molecular weight is 449 g/mol. The Bertz CT molecular complexity index is 1080. The summed E-state index contributed by atoms with van der Waals surface area (Å²) in [5, 5.41) is 10.5. The van der Waals surface area contributed by atoms with E-state index in [0.29, 0.717) is 12.6 Å². The number of aromatic nitrogens is 2. The van der Waals surface area contributed by atoms with Gasteiger partial charge in [-0.05, 0) is 69.0 Å². The van der Waals surface area contributed by atoms with Gasteiger partial charge in [0.2, 0.25) is 5.95 Å². The van der Waals surface area contributed by atoms with Gasteiger partial charge in [-0.2, -0.15) is 4.98 Å². The Morgan fingerprint density at radius 1 is 1.00 bits per heavy atom. The fourth-order valence-corrected chi connectivity index (χ4v) is 4.18. The molecule has 0 spiro atoms. The third kappa shape index (κ3) is 5.83. The van der Waals surface area contributed by atoms with E-state index in [4.69, 9.17) is 14.7 Å². The maximum Gasteiger partial charge on any atom is 0.319 e. The van der Waals surface area contributed by atoms with Crippen LogP contribution in [0, 0.1) is 0 Å². The normalized spacial score (nSPS) is 17.9. The molecule has 3 aromatic rings. The number of nitrogens with zero attached hydrogens (tertiary/aromatic N) is 3. The van der Waals surface area contributed by atoms with Crippen LogP contribution in [-0.4, -0.2) is 48.8 Å². The molecule has 1 fully saturated rings. The molecule has 2 aromatic carbocycles. The van der Waals surface area contributed by atoms with Crippen molar-refractivity contribution in [3.63, 3.8) is 0 Å². The van der Waals surface area contributed by atoms with Gasteiger partial charge in [-0.25, -0.2) is 9.78 Å². The van der Waals surface area contributed by atoms with Crippen molar-refractivity contribution in [3.8, 4) is 5.75 Å². The highest BCUT2D eigenvalue weighted by Crippen LogP contribution is 2.26. The molecule has 0 unspecified atom stereocenters. The molecule has 0 aliphatic heterocycles. The summed E-state index contributed by atoms with van der Waals surface area (Å²) in [6, 6.07) is 15.7. The highest BCUT2D eigenvalue weighted by molar-refractivity contribution is 5.90. The number of urea groups is 1. The molecule has 1 aromatic heterocycles. The van der Waals surface area contributed by atoms with Gasteiger partial charge in [-0.1, -0.05) is 12.1 Å². The van der Waals surface area contributed by atoms with Crippen LogP contribution < -0.4 is 25.6 Å². The molecule has 1 aliphatic carbocycles. The molecule has 8 heteroatoms. The smallest absolute Gasteiger partial charge is 0.319 e. The number of nitrogens with one attached hydrogen (secondary N) is 3. The zero-order chi connectivity index (χ0) is 23.2. The van der Waals surface area contributed by atoms with Crippen LogP contribution >= 0.6 is 0 Å². The molecule has 1 aliphatic rings. The standard InChI is InChI=1S/C25H32N6O2/c1-4-33-20-15-13-19(14-16-20)28-25(32)27-18-11-9-17(10-12-18)26-24-29-22-8-6-5-7-21(22)23(30-24)31(2)3/h5-8,13-18H,4,9-12H2,1-3H3,(H,26,29,30)(H2,27,28,32). The lowest BCUT2D eigenvalue weighted by Gasteiger charge is -2.30. The Hall–Kier alpha value is -3.55. The number of hydrogen-bond donors (Lipinski definition) is 3. The Kier molecular flexibility index (Phi) is 7.12. The Morgan fingerprint density at radius 3 is 2.39 bits per heavy atom. The van der Waals surface area contributed by atoms with Gasteiger partial charge in [0, 0.05) is 37.3 Å². The fourth-order valence-electron chi connectivity index (χ4n) is 4.18. The first-order valence-corrected chi connectivity index (χ1v) is 11.5. The number of anilines is 3. The van der Waals surface area contributed by atoms with Gasteiger partial charge in [0.25, 0.3) is 0 Å². The lowest BCUT2D eigenvalue weighted by molar-refractivity contribution is 0.243. The van der Waals surface area contributed by atoms with E-state index in [9.17, 15) is 4.79 Å². The van der Waals surface area contributed by atoms with Crippen LogP contribution in [0.4, 0.5) is 22.2 Å². The number of ether oxygens (including phenoxy) is 1. The molecule has 0 bridgehead atoms. The molecular weight excluding hydrogens is 416 g/mol. The molecule has 0 radical (unpaired) electrons. The number of hydrogen-bond acceptors (Lipinski definition) is 6. The molecule has 174 valence electrons. The molecule has 33 heavy (non-hydrogen) atoms. The maximum absolute atomic E-state index is 12.4. The summed E-state index contributed by atoms with van der Waals surface area (Å²) < 4.78 is 5.43. The summed E-state index contributed by atoms with van der Waals surface area (Å²) in [5.74, 6) is 2.36. The van der Waals surface area contributed by atoms with E-state index < -0.39 is 0 Å². The first-order valence-electron chi connectivity index (χ1n) is 11.5.